The first-order chi connectivity index (χ1) is 14.6. The monoisotopic (exact) mass is 542 g/mol. The number of fused-ring (bicyclic) bond motifs is 1. The molecule has 1 heterocycles. The van der Waals surface area contributed by atoms with Crippen molar-refractivity contribution in [3.63, 3.8) is 0 Å². The van der Waals surface area contributed by atoms with E-state index in [0.717, 1.165) is 16.5 Å². The van der Waals surface area contributed by atoms with Crippen molar-refractivity contribution in [3.05, 3.63) is 65.9 Å². The normalized spacial score (nSPS) is 11.2. The Morgan fingerprint density at radius 3 is 2.42 bits per heavy atom. The molecule has 31 heavy (non-hydrogen) atoms. The van der Waals surface area contributed by atoms with E-state index in [1.807, 2.05) is 30.3 Å². The molecule has 166 valence electrons. The summed E-state index contributed by atoms with van der Waals surface area (Å²) in [4.78, 5) is 8.64. The number of nitrogens with one attached hydrogen (secondary N) is 2. The lowest BCUT2D eigenvalue weighted by molar-refractivity contribution is -0.0520. The molecule has 3 aromatic rings. The van der Waals surface area contributed by atoms with Gasteiger partial charge < -0.3 is 20.1 Å². The van der Waals surface area contributed by atoms with Gasteiger partial charge in [0.1, 0.15) is 0 Å². The highest BCUT2D eigenvalue weighted by molar-refractivity contribution is 14.0. The molecule has 0 radical (unpaired) electrons. The summed E-state index contributed by atoms with van der Waals surface area (Å²) in [5.74, 6) is 0.824. The van der Waals surface area contributed by atoms with Gasteiger partial charge in [-0.15, -0.1) is 24.0 Å². The molecule has 0 amide bonds. The second-order valence-corrected chi connectivity index (χ2v) is 6.33. The van der Waals surface area contributed by atoms with Gasteiger partial charge in [-0.05, 0) is 24.6 Å². The summed E-state index contributed by atoms with van der Waals surface area (Å²) in [5, 5.41) is 7.41. The molecule has 2 aromatic carbocycles. The molecule has 2 N–H and O–H groups in total. The van der Waals surface area contributed by atoms with Crippen molar-refractivity contribution in [1.82, 2.24) is 15.6 Å². The van der Waals surface area contributed by atoms with Crippen LogP contribution < -0.4 is 20.1 Å². The zero-order valence-corrected chi connectivity index (χ0v) is 19.6. The Hall–Kier alpha value is -2.69. The minimum atomic E-state index is -2.94. The Kier molecular flexibility index (Phi) is 9.70. The third-order valence-electron chi connectivity index (χ3n) is 4.40. The molecule has 0 atom stereocenters. The summed E-state index contributed by atoms with van der Waals surface area (Å²) in [7, 11) is 1.64. The van der Waals surface area contributed by atoms with Crippen molar-refractivity contribution >= 4 is 40.8 Å². The number of pyridine rings is 1. The molecule has 9 heteroatoms. The lowest BCUT2D eigenvalue weighted by Crippen LogP contribution is -2.36. The second-order valence-electron chi connectivity index (χ2n) is 6.33. The molecule has 0 unspecified atom stereocenters. The van der Waals surface area contributed by atoms with Gasteiger partial charge in [0.2, 0.25) is 0 Å². The molecule has 0 saturated carbocycles. The summed E-state index contributed by atoms with van der Waals surface area (Å²) in [6.07, 6.45) is 1.76. The second kappa shape index (κ2) is 12.2. The first-order valence-electron chi connectivity index (χ1n) is 9.59. The van der Waals surface area contributed by atoms with Crippen molar-refractivity contribution in [2.45, 2.75) is 26.6 Å². The van der Waals surface area contributed by atoms with Gasteiger partial charge in [0.05, 0.1) is 12.1 Å². The predicted molar refractivity (Wildman–Crippen MR) is 128 cm³/mol. The van der Waals surface area contributed by atoms with Crippen LogP contribution in [0.1, 0.15) is 18.1 Å². The van der Waals surface area contributed by atoms with Crippen LogP contribution in [0, 0.1) is 0 Å². The molecule has 3 rings (SSSR count). The fraction of sp³-hybridized carbons (Fsp3) is 0.273. The maximum atomic E-state index is 12.9. The van der Waals surface area contributed by atoms with Crippen LogP contribution >= 0.6 is 24.0 Å². The lowest BCUT2D eigenvalue weighted by atomic mass is 10.1. The lowest BCUT2D eigenvalue weighted by Gasteiger charge is -2.17. The number of nitrogens with zero attached hydrogens (tertiary/aromatic N) is 2. The largest absolute Gasteiger partial charge is 0.490 e. The standard InChI is InChI=1S/C22H24F2N4O2.HI/c1-3-29-18-11-5-9-17(20(18)30-21(23)24)14-28-22(25-2)27-13-16-8-4-7-15-10-6-12-26-19(15)16;/h4-12,21H,3,13-14H2,1-2H3,(H2,25,27,28);1H. The van der Waals surface area contributed by atoms with Crippen LogP contribution in [0.25, 0.3) is 10.9 Å². The van der Waals surface area contributed by atoms with Gasteiger partial charge in [0.15, 0.2) is 17.5 Å². The van der Waals surface area contributed by atoms with Crippen molar-refractivity contribution in [3.8, 4) is 11.5 Å². The fourth-order valence-electron chi connectivity index (χ4n) is 3.08. The van der Waals surface area contributed by atoms with Crippen LogP contribution in [0.5, 0.6) is 11.5 Å². The molecule has 0 fully saturated rings. The maximum absolute atomic E-state index is 12.9. The van der Waals surface area contributed by atoms with Crippen molar-refractivity contribution < 1.29 is 18.3 Å². The number of rotatable bonds is 8. The van der Waals surface area contributed by atoms with Crippen LogP contribution in [-0.4, -0.2) is 31.2 Å². The number of halogens is 3. The molecule has 0 bridgehead atoms. The van der Waals surface area contributed by atoms with Crippen LogP contribution in [0.3, 0.4) is 0 Å². The van der Waals surface area contributed by atoms with Crippen molar-refractivity contribution in [1.29, 1.82) is 0 Å². The summed E-state index contributed by atoms with van der Waals surface area (Å²) in [6.45, 7) is -0.0743. The molecule has 0 aliphatic rings. The first-order valence-corrected chi connectivity index (χ1v) is 9.59. The molecular weight excluding hydrogens is 517 g/mol. The van der Waals surface area contributed by atoms with E-state index >= 15 is 0 Å². The number of aliphatic imine (C=N–C) groups is 1. The number of benzene rings is 2. The Bertz CT molecular complexity index is 1010. The predicted octanol–water partition coefficient (Wildman–Crippen LogP) is 4.72. The number of aromatic nitrogens is 1. The Balaban J connectivity index is 0.00000341. The number of ether oxygens (including phenoxy) is 2. The average Bonchev–Trinajstić information content (AvgIpc) is 2.75. The van der Waals surface area contributed by atoms with Gasteiger partial charge in [-0.1, -0.05) is 36.4 Å². The van der Waals surface area contributed by atoms with E-state index in [-0.39, 0.29) is 42.0 Å². The zero-order valence-electron chi connectivity index (χ0n) is 17.3. The van der Waals surface area contributed by atoms with E-state index in [2.05, 4.69) is 20.6 Å². The van der Waals surface area contributed by atoms with E-state index in [9.17, 15) is 8.78 Å². The number of hydrogen-bond acceptors (Lipinski definition) is 4. The highest BCUT2D eigenvalue weighted by Crippen LogP contribution is 2.32. The van der Waals surface area contributed by atoms with Crippen LogP contribution in [0.15, 0.2) is 59.7 Å². The van der Waals surface area contributed by atoms with Crippen molar-refractivity contribution in [2.24, 2.45) is 4.99 Å². The third-order valence-corrected chi connectivity index (χ3v) is 4.40. The topological polar surface area (TPSA) is 67.8 Å². The maximum Gasteiger partial charge on any atom is 0.387 e. The van der Waals surface area contributed by atoms with E-state index in [4.69, 9.17) is 9.47 Å². The fourth-order valence-corrected chi connectivity index (χ4v) is 3.08. The molecule has 6 nitrogen and oxygen atoms in total. The average molecular weight is 542 g/mol. The number of alkyl halides is 2. The van der Waals surface area contributed by atoms with Gasteiger partial charge in [-0.3, -0.25) is 9.98 Å². The minimum Gasteiger partial charge on any atom is -0.490 e. The van der Waals surface area contributed by atoms with Crippen LogP contribution in [0.4, 0.5) is 8.78 Å². The number of hydrogen-bond donors (Lipinski definition) is 2. The Morgan fingerprint density at radius 2 is 1.71 bits per heavy atom. The molecule has 0 aliphatic heterocycles. The number of guanidine groups is 1. The van der Waals surface area contributed by atoms with Gasteiger partial charge in [-0.2, -0.15) is 8.78 Å². The van der Waals surface area contributed by atoms with Gasteiger partial charge in [0, 0.05) is 37.3 Å². The molecular formula is C22H25F2IN4O2. The molecule has 0 spiro atoms. The molecule has 0 saturated heterocycles. The summed E-state index contributed by atoms with van der Waals surface area (Å²) in [5.41, 5.74) is 2.48. The van der Waals surface area contributed by atoms with Gasteiger partial charge in [0.25, 0.3) is 0 Å². The minimum absolute atomic E-state index is 0. The summed E-state index contributed by atoms with van der Waals surface area (Å²) >= 11 is 0. The highest BCUT2D eigenvalue weighted by Gasteiger charge is 2.16. The smallest absolute Gasteiger partial charge is 0.387 e. The van der Waals surface area contributed by atoms with E-state index in [1.54, 1.807) is 38.4 Å². The Morgan fingerprint density at radius 1 is 1.03 bits per heavy atom. The van der Waals surface area contributed by atoms with Gasteiger partial charge in [-0.25, -0.2) is 0 Å². The third kappa shape index (κ3) is 6.65. The van der Waals surface area contributed by atoms with E-state index in [1.165, 1.54) is 0 Å². The van der Waals surface area contributed by atoms with Crippen molar-refractivity contribution in [2.75, 3.05) is 13.7 Å². The van der Waals surface area contributed by atoms with E-state index < -0.39 is 6.61 Å². The van der Waals surface area contributed by atoms with Crippen LogP contribution in [-0.2, 0) is 13.1 Å². The summed E-state index contributed by atoms with van der Waals surface area (Å²) < 4.78 is 35.9. The summed E-state index contributed by atoms with van der Waals surface area (Å²) in [6, 6.07) is 14.9. The van der Waals surface area contributed by atoms with Gasteiger partial charge >= 0.3 is 6.61 Å². The highest BCUT2D eigenvalue weighted by atomic mass is 127. The first kappa shape index (κ1) is 24.6. The molecule has 1 aromatic heterocycles. The van der Waals surface area contributed by atoms with Crippen LogP contribution in [0.2, 0.25) is 0 Å². The number of para-hydroxylation sites is 2. The quantitative estimate of drug-likeness (QED) is 0.245. The zero-order chi connectivity index (χ0) is 21.3. The SMILES string of the molecule is CCOc1cccc(CNC(=NC)NCc2cccc3cccnc23)c1OC(F)F.I. The molecule has 0 aliphatic carbocycles. The Labute approximate surface area is 197 Å². The van der Waals surface area contributed by atoms with E-state index in [0.29, 0.717) is 24.7 Å².